The molecule has 0 aliphatic carbocycles. The first-order valence-corrected chi connectivity index (χ1v) is 8.15. The molecule has 2 aliphatic rings. The van der Waals surface area contributed by atoms with Crippen molar-refractivity contribution in [1.29, 1.82) is 0 Å². The molecule has 0 bridgehead atoms. The Balaban J connectivity index is 1.52. The fourth-order valence-corrected chi connectivity index (χ4v) is 3.78. The fourth-order valence-electron chi connectivity index (χ4n) is 3.78. The topological polar surface area (TPSA) is 45.9 Å². The molecule has 2 aliphatic heterocycles. The average Bonchev–Trinajstić information content (AvgIpc) is 3.20. The van der Waals surface area contributed by atoms with Crippen molar-refractivity contribution in [3.05, 3.63) is 23.7 Å². The van der Waals surface area contributed by atoms with Gasteiger partial charge in [0.1, 0.15) is 11.5 Å². The molecule has 1 unspecified atom stereocenters. The number of aryl methyl sites for hydroxylation is 1. The maximum Gasteiger partial charge on any atom is 0.224 e. The van der Waals surface area contributed by atoms with E-state index in [2.05, 4.69) is 11.0 Å². The second-order valence-electron chi connectivity index (χ2n) is 6.78. The molecule has 22 heavy (non-hydrogen) atoms. The number of hydrogen-bond donors (Lipinski definition) is 0. The Morgan fingerprint density at radius 2 is 2.14 bits per heavy atom. The molecule has 1 amide bonds. The van der Waals surface area contributed by atoms with E-state index < -0.39 is 0 Å². The van der Waals surface area contributed by atoms with Crippen LogP contribution in [-0.2, 0) is 16.1 Å². The minimum Gasteiger partial charge on any atom is -0.465 e. The molecule has 1 aromatic rings. The first-order chi connectivity index (χ1) is 10.6. The number of furan rings is 1. The number of carbonyl (C=O) groups is 1. The maximum absolute atomic E-state index is 12.1. The van der Waals surface area contributed by atoms with Crippen molar-refractivity contribution < 1.29 is 13.9 Å². The summed E-state index contributed by atoms with van der Waals surface area (Å²) in [5.41, 5.74) is 0.296. The van der Waals surface area contributed by atoms with Crippen LogP contribution in [0.1, 0.15) is 30.8 Å². The molecule has 1 atom stereocenters. The van der Waals surface area contributed by atoms with E-state index in [9.17, 15) is 4.79 Å². The van der Waals surface area contributed by atoms with Gasteiger partial charge in [0, 0.05) is 32.2 Å². The van der Waals surface area contributed by atoms with Gasteiger partial charge in [-0.25, -0.2) is 0 Å². The van der Waals surface area contributed by atoms with Gasteiger partial charge in [0.2, 0.25) is 5.91 Å². The molecule has 1 aromatic heterocycles. The van der Waals surface area contributed by atoms with Gasteiger partial charge in [-0.05, 0) is 38.4 Å². The summed E-state index contributed by atoms with van der Waals surface area (Å²) in [4.78, 5) is 16.6. The Kier molecular flexibility index (Phi) is 4.54. The average molecular weight is 306 g/mol. The molecule has 3 rings (SSSR count). The highest BCUT2D eigenvalue weighted by atomic mass is 16.5. The highest BCUT2D eigenvalue weighted by Gasteiger charge is 2.44. The van der Waals surface area contributed by atoms with Gasteiger partial charge >= 0.3 is 0 Å². The van der Waals surface area contributed by atoms with Crippen LogP contribution in [0.25, 0.3) is 0 Å². The third kappa shape index (κ3) is 3.36. The van der Waals surface area contributed by atoms with Crippen LogP contribution in [0.5, 0.6) is 0 Å². The summed E-state index contributed by atoms with van der Waals surface area (Å²) < 4.78 is 10.7. The number of ether oxygens (including phenoxy) is 1. The summed E-state index contributed by atoms with van der Waals surface area (Å²) in [6.07, 6.45) is 2.81. The number of methoxy groups -OCH3 is 1. The van der Waals surface area contributed by atoms with Crippen molar-refractivity contribution in [2.75, 3.05) is 39.9 Å². The van der Waals surface area contributed by atoms with E-state index in [0.29, 0.717) is 18.4 Å². The van der Waals surface area contributed by atoms with Gasteiger partial charge in [-0.1, -0.05) is 0 Å². The van der Waals surface area contributed by atoms with Crippen LogP contribution in [0, 0.1) is 12.3 Å². The summed E-state index contributed by atoms with van der Waals surface area (Å²) in [7, 11) is 1.64. The molecule has 0 radical (unpaired) electrons. The van der Waals surface area contributed by atoms with Crippen LogP contribution < -0.4 is 0 Å². The lowest BCUT2D eigenvalue weighted by molar-refractivity contribution is -0.131. The Hall–Kier alpha value is -1.33. The summed E-state index contributed by atoms with van der Waals surface area (Å²) in [5.74, 6) is 2.25. The molecule has 5 nitrogen and oxygen atoms in total. The van der Waals surface area contributed by atoms with Gasteiger partial charge in [0.05, 0.1) is 19.6 Å². The zero-order chi connectivity index (χ0) is 15.6. The maximum atomic E-state index is 12.1. The van der Waals surface area contributed by atoms with E-state index in [4.69, 9.17) is 9.15 Å². The fraction of sp³-hybridized carbons (Fsp3) is 0.706. The van der Waals surface area contributed by atoms with Crippen molar-refractivity contribution in [3.8, 4) is 0 Å². The third-order valence-electron chi connectivity index (χ3n) is 5.00. The lowest BCUT2D eigenvalue weighted by Gasteiger charge is -2.24. The van der Waals surface area contributed by atoms with Crippen molar-refractivity contribution in [2.45, 2.75) is 32.7 Å². The molecule has 0 saturated carbocycles. The first kappa shape index (κ1) is 15.6. The standard InChI is InChI=1S/C17H26N2O3/c1-14-3-4-15(22-14)11-18-8-6-17(12-18)7-9-19(13-17)16(20)5-10-21-2/h3-4H,5-13H2,1-2H3. The van der Waals surface area contributed by atoms with Crippen LogP contribution in [-0.4, -0.2) is 55.6 Å². The van der Waals surface area contributed by atoms with Gasteiger partial charge in [0.25, 0.3) is 0 Å². The van der Waals surface area contributed by atoms with Crippen LogP contribution >= 0.6 is 0 Å². The quantitative estimate of drug-likeness (QED) is 0.835. The number of likely N-dealkylation sites (tertiary alicyclic amines) is 2. The predicted octanol–water partition coefficient (Wildman–Crippen LogP) is 2.05. The molecule has 1 spiro atoms. The highest BCUT2D eigenvalue weighted by Crippen LogP contribution is 2.40. The second-order valence-corrected chi connectivity index (χ2v) is 6.78. The third-order valence-corrected chi connectivity index (χ3v) is 5.00. The summed E-state index contributed by atoms with van der Waals surface area (Å²) in [5, 5.41) is 0. The van der Waals surface area contributed by atoms with Gasteiger partial charge < -0.3 is 14.1 Å². The Labute approximate surface area is 132 Å². The minimum atomic E-state index is 0.235. The van der Waals surface area contributed by atoms with Crippen molar-refractivity contribution >= 4 is 5.91 Å². The highest BCUT2D eigenvalue weighted by molar-refractivity contribution is 5.76. The molecule has 0 aromatic carbocycles. The molecule has 2 fully saturated rings. The van der Waals surface area contributed by atoms with E-state index in [-0.39, 0.29) is 5.91 Å². The Morgan fingerprint density at radius 1 is 1.32 bits per heavy atom. The molecule has 2 saturated heterocycles. The van der Waals surface area contributed by atoms with Crippen molar-refractivity contribution in [1.82, 2.24) is 9.80 Å². The second kappa shape index (κ2) is 6.42. The summed E-state index contributed by atoms with van der Waals surface area (Å²) >= 11 is 0. The number of hydrogen-bond acceptors (Lipinski definition) is 4. The zero-order valence-electron chi connectivity index (χ0n) is 13.6. The SMILES string of the molecule is COCCC(=O)N1CCC2(CCN(Cc3ccc(C)o3)C2)C1. The number of amides is 1. The lowest BCUT2D eigenvalue weighted by atomic mass is 9.86. The smallest absolute Gasteiger partial charge is 0.224 e. The largest absolute Gasteiger partial charge is 0.465 e. The van der Waals surface area contributed by atoms with Crippen LogP contribution in [0.2, 0.25) is 0 Å². The minimum absolute atomic E-state index is 0.235. The van der Waals surface area contributed by atoms with Crippen LogP contribution in [0.15, 0.2) is 16.5 Å². The molecule has 0 N–H and O–H groups in total. The molecular weight excluding hydrogens is 280 g/mol. The van der Waals surface area contributed by atoms with Gasteiger partial charge in [-0.15, -0.1) is 0 Å². The monoisotopic (exact) mass is 306 g/mol. The number of rotatable bonds is 5. The van der Waals surface area contributed by atoms with Gasteiger partial charge in [-0.3, -0.25) is 9.69 Å². The molecule has 122 valence electrons. The lowest BCUT2D eigenvalue weighted by Crippen LogP contribution is -2.34. The normalized spacial score (nSPS) is 25.5. The Morgan fingerprint density at radius 3 is 2.86 bits per heavy atom. The summed E-state index contributed by atoms with van der Waals surface area (Å²) in [6, 6.07) is 4.09. The number of nitrogens with zero attached hydrogens (tertiary/aromatic N) is 2. The van der Waals surface area contributed by atoms with E-state index in [1.54, 1.807) is 7.11 Å². The van der Waals surface area contributed by atoms with Gasteiger partial charge in [-0.2, -0.15) is 0 Å². The predicted molar refractivity (Wildman–Crippen MR) is 83.5 cm³/mol. The van der Waals surface area contributed by atoms with Gasteiger partial charge in [0.15, 0.2) is 0 Å². The van der Waals surface area contributed by atoms with E-state index in [1.165, 1.54) is 6.42 Å². The zero-order valence-corrected chi connectivity index (χ0v) is 13.6. The molecule has 3 heterocycles. The first-order valence-electron chi connectivity index (χ1n) is 8.15. The van der Waals surface area contributed by atoms with E-state index in [1.807, 2.05) is 17.9 Å². The van der Waals surface area contributed by atoms with Crippen LogP contribution in [0.4, 0.5) is 0 Å². The summed E-state index contributed by atoms with van der Waals surface area (Å²) in [6.45, 7) is 7.36. The van der Waals surface area contributed by atoms with Crippen molar-refractivity contribution in [3.63, 3.8) is 0 Å². The van der Waals surface area contributed by atoms with Crippen molar-refractivity contribution in [2.24, 2.45) is 5.41 Å². The Bertz CT molecular complexity index is 528. The number of carbonyl (C=O) groups excluding carboxylic acids is 1. The molecule has 5 heteroatoms. The van der Waals surface area contributed by atoms with E-state index in [0.717, 1.165) is 50.7 Å². The van der Waals surface area contributed by atoms with Crippen LogP contribution in [0.3, 0.4) is 0 Å². The molecular formula is C17H26N2O3. The van der Waals surface area contributed by atoms with E-state index >= 15 is 0 Å².